The van der Waals surface area contributed by atoms with Gasteiger partial charge in [-0.2, -0.15) is 0 Å². The third-order valence-electron chi connectivity index (χ3n) is 5.26. The molecule has 0 spiro atoms. The quantitative estimate of drug-likeness (QED) is 0.297. The Morgan fingerprint density at radius 3 is 2.39 bits per heavy atom. The van der Waals surface area contributed by atoms with Crippen LogP contribution in [0.3, 0.4) is 0 Å². The molecule has 3 aromatic heterocycles. The minimum Gasteiger partial charge on any atom is -0.434 e. The molecule has 0 saturated carbocycles. The molecule has 5 rings (SSSR count). The number of primary amides is 1. The summed E-state index contributed by atoms with van der Waals surface area (Å²) in [7, 11) is 0. The molecule has 9 heteroatoms. The number of hydrogen-bond donors (Lipinski definition) is 2. The molecular formula is C24H18N4O4S. The number of carbonyl (C=O) groups is 2. The second kappa shape index (κ2) is 8.38. The molecule has 0 fully saturated rings. The SMILES string of the molecule is NC(=O)c1ccc(-n2c(-c3ccc(-n4ccnc4)cc3)cc3sc(C(=O)OCO)cc32)cc1. The molecule has 164 valence electrons. The predicted molar refractivity (Wildman–Crippen MR) is 125 cm³/mol. The number of imidazole rings is 1. The van der Waals surface area contributed by atoms with Gasteiger partial charge < -0.3 is 24.7 Å². The Morgan fingerprint density at radius 2 is 1.76 bits per heavy atom. The first kappa shape index (κ1) is 20.7. The summed E-state index contributed by atoms with van der Waals surface area (Å²) < 4.78 is 9.55. The van der Waals surface area contributed by atoms with E-state index in [-0.39, 0.29) is 0 Å². The van der Waals surface area contributed by atoms with Crippen LogP contribution in [0.25, 0.3) is 32.8 Å². The maximum atomic E-state index is 12.1. The van der Waals surface area contributed by atoms with Crippen LogP contribution in [0.2, 0.25) is 0 Å². The molecule has 0 aliphatic rings. The van der Waals surface area contributed by atoms with Crippen LogP contribution in [0.1, 0.15) is 20.0 Å². The van der Waals surface area contributed by atoms with E-state index in [1.165, 1.54) is 11.3 Å². The fraction of sp³-hybridized carbons (Fsp3) is 0.0417. The molecule has 0 atom stereocenters. The molecule has 3 heterocycles. The van der Waals surface area contributed by atoms with E-state index >= 15 is 0 Å². The molecular weight excluding hydrogens is 440 g/mol. The van der Waals surface area contributed by atoms with Gasteiger partial charge >= 0.3 is 5.97 Å². The number of nitrogens with two attached hydrogens (primary N) is 1. The van der Waals surface area contributed by atoms with Gasteiger partial charge in [0.05, 0.1) is 22.2 Å². The Bertz CT molecular complexity index is 1450. The average molecular weight is 458 g/mol. The molecule has 0 aliphatic carbocycles. The highest BCUT2D eigenvalue weighted by Crippen LogP contribution is 2.37. The summed E-state index contributed by atoms with van der Waals surface area (Å²) in [6, 6.07) is 18.7. The van der Waals surface area contributed by atoms with E-state index < -0.39 is 18.7 Å². The van der Waals surface area contributed by atoms with Gasteiger partial charge in [-0.25, -0.2) is 9.78 Å². The van der Waals surface area contributed by atoms with Crippen LogP contribution in [0.15, 0.2) is 79.4 Å². The van der Waals surface area contributed by atoms with E-state index in [2.05, 4.69) is 4.98 Å². The number of fused-ring (bicyclic) bond motifs is 1. The number of benzene rings is 2. The zero-order chi connectivity index (χ0) is 22.9. The number of ether oxygens (including phenoxy) is 1. The summed E-state index contributed by atoms with van der Waals surface area (Å²) >= 11 is 1.29. The molecule has 0 saturated heterocycles. The highest BCUT2D eigenvalue weighted by atomic mass is 32.1. The number of aliphatic hydroxyl groups excluding tert-OH is 1. The van der Waals surface area contributed by atoms with Gasteiger partial charge in [-0.15, -0.1) is 11.3 Å². The van der Waals surface area contributed by atoms with Crippen LogP contribution < -0.4 is 5.73 Å². The van der Waals surface area contributed by atoms with Gasteiger partial charge in [0.15, 0.2) is 6.79 Å². The fourth-order valence-electron chi connectivity index (χ4n) is 3.70. The lowest BCUT2D eigenvalue weighted by Gasteiger charge is -2.12. The Labute approximate surface area is 192 Å². The number of nitrogens with zero attached hydrogens (tertiary/aromatic N) is 3. The Morgan fingerprint density at radius 1 is 1.03 bits per heavy atom. The molecule has 2 aromatic carbocycles. The summed E-state index contributed by atoms with van der Waals surface area (Å²) in [5, 5.41) is 8.92. The molecule has 0 radical (unpaired) electrons. The van der Waals surface area contributed by atoms with Crippen molar-refractivity contribution in [1.29, 1.82) is 0 Å². The Kier molecular flexibility index (Phi) is 5.25. The second-order valence-electron chi connectivity index (χ2n) is 7.21. The number of aliphatic hydroxyl groups is 1. The van der Waals surface area contributed by atoms with E-state index in [4.69, 9.17) is 15.6 Å². The molecule has 0 unspecified atom stereocenters. The van der Waals surface area contributed by atoms with Crippen molar-refractivity contribution in [3.63, 3.8) is 0 Å². The largest absolute Gasteiger partial charge is 0.434 e. The molecule has 5 aromatic rings. The molecule has 0 bridgehead atoms. The monoisotopic (exact) mass is 458 g/mol. The average Bonchev–Trinajstić information content (AvgIpc) is 3.56. The summed E-state index contributed by atoms with van der Waals surface area (Å²) in [5.41, 5.74) is 10.3. The van der Waals surface area contributed by atoms with Crippen LogP contribution in [0.4, 0.5) is 0 Å². The highest BCUT2D eigenvalue weighted by Gasteiger charge is 2.19. The summed E-state index contributed by atoms with van der Waals surface area (Å²) in [6.45, 7) is -0.677. The Hall–Kier alpha value is -4.21. The minimum atomic E-state index is -0.677. The number of rotatable bonds is 6. The van der Waals surface area contributed by atoms with Crippen LogP contribution in [-0.4, -0.2) is 37.9 Å². The van der Waals surface area contributed by atoms with E-state index in [1.54, 1.807) is 30.7 Å². The standard InChI is InChI=1S/C24H18N4O4S/c25-23(30)16-3-7-18(8-4-16)28-19(11-21-20(28)12-22(33-21)24(31)32-14-29)15-1-5-17(6-2-15)27-10-9-26-13-27/h1-13,29H,14H2,(H2,25,30). The fourth-order valence-corrected chi connectivity index (χ4v) is 4.68. The van der Waals surface area contributed by atoms with Crippen LogP contribution in [0.5, 0.6) is 0 Å². The summed E-state index contributed by atoms with van der Waals surface area (Å²) in [5.74, 6) is -1.08. The maximum absolute atomic E-state index is 12.1. The lowest BCUT2D eigenvalue weighted by atomic mass is 10.1. The van der Waals surface area contributed by atoms with Crippen molar-refractivity contribution in [2.45, 2.75) is 0 Å². The van der Waals surface area contributed by atoms with Gasteiger partial charge in [0.25, 0.3) is 0 Å². The number of aromatic nitrogens is 3. The van der Waals surface area contributed by atoms with Crippen LogP contribution in [0, 0.1) is 0 Å². The van der Waals surface area contributed by atoms with Crippen molar-refractivity contribution < 1.29 is 19.4 Å². The summed E-state index contributed by atoms with van der Waals surface area (Å²) in [6.07, 6.45) is 5.34. The number of hydrogen-bond acceptors (Lipinski definition) is 6. The van der Waals surface area contributed by atoms with E-state index in [9.17, 15) is 9.59 Å². The van der Waals surface area contributed by atoms with Gasteiger partial charge in [-0.3, -0.25) is 4.79 Å². The van der Waals surface area contributed by atoms with Crippen molar-refractivity contribution in [2.24, 2.45) is 5.73 Å². The maximum Gasteiger partial charge on any atom is 0.350 e. The lowest BCUT2D eigenvalue weighted by molar-refractivity contribution is 0.00734. The van der Waals surface area contributed by atoms with Crippen molar-refractivity contribution in [3.8, 4) is 22.6 Å². The Balaban J connectivity index is 1.64. The zero-order valence-corrected chi connectivity index (χ0v) is 18.0. The number of carbonyl (C=O) groups excluding carboxylic acids is 2. The highest BCUT2D eigenvalue weighted by molar-refractivity contribution is 7.20. The van der Waals surface area contributed by atoms with Gasteiger partial charge in [0.2, 0.25) is 5.91 Å². The van der Waals surface area contributed by atoms with E-state index in [0.29, 0.717) is 10.4 Å². The van der Waals surface area contributed by atoms with Crippen molar-refractivity contribution in [2.75, 3.05) is 6.79 Å². The molecule has 8 nitrogen and oxygen atoms in total. The first-order chi connectivity index (χ1) is 16.0. The third kappa shape index (κ3) is 3.79. The van der Waals surface area contributed by atoms with E-state index in [0.717, 1.165) is 32.8 Å². The van der Waals surface area contributed by atoms with Crippen LogP contribution in [-0.2, 0) is 4.74 Å². The van der Waals surface area contributed by atoms with Crippen LogP contribution >= 0.6 is 11.3 Å². The molecule has 0 aliphatic heterocycles. The zero-order valence-electron chi connectivity index (χ0n) is 17.2. The van der Waals surface area contributed by atoms with Gasteiger partial charge in [0.1, 0.15) is 4.88 Å². The number of amides is 1. The molecule has 3 N–H and O–H groups in total. The number of esters is 1. The second-order valence-corrected chi connectivity index (χ2v) is 8.30. The summed E-state index contributed by atoms with van der Waals surface area (Å²) in [4.78, 5) is 28.1. The predicted octanol–water partition coefficient (Wildman–Crippen LogP) is 3.75. The number of thiophene rings is 1. The first-order valence-electron chi connectivity index (χ1n) is 9.97. The smallest absolute Gasteiger partial charge is 0.350 e. The van der Waals surface area contributed by atoms with Crippen molar-refractivity contribution in [1.82, 2.24) is 14.1 Å². The normalized spacial score (nSPS) is 11.1. The van der Waals surface area contributed by atoms with Gasteiger partial charge in [-0.05, 0) is 54.1 Å². The topological polar surface area (TPSA) is 112 Å². The van der Waals surface area contributed by atoms with Crippen molar-refractivity contribution >= 4 is 33.4 Å². The van der Waals surface area contributed by atoms with Gasteiger partial charge in [0, 0.05) is 29.3 Å². The molecule has 1 amide bonds. The van der Waals surface area contributed by atoms with Crippen molar-refractivity contribution in [3.05, 3.63) is 89.8 Å². The molecule has 33 heavy (non-hydrogen) atoms. The van der Waals surface area contributed by atoms with E-state index in [1.807, 2.05) is 57.8 Å². The first-order valence-corrected chi connectivity index (χ1v) is 10.8. The minimum absolute atomic E-state index is 0.388. The third-order valence-corrected chi connectivity index (χ3v) is 6.31. The lowest BCUT2D eigenvalue weighted by Crippen LogP contribution is -2.10. The van der Waals surface area contributed by atoms with Gasteiger partial charge in [-0.1, -0.05) is 12.1 Å².